The van der Waals surface area contributed by atoms with Gasteiger partial charge in [0.2, 0.25) is 11.6 Å². The summed E-state index contributed by atoms with van der Waals surface area (Å²) in [6.45, 7) is 0.842. The number of hydrogen-bond acceptors (Lipinski definition) is 10. The Hall–Kier alpha value is -3.74. The smallest absolute Gasteiger partial charge is 0.209 e. The van der Waals surface area contributed by atoms with Crippen molar-refractivity contribution < 1.29 is 0 Å². The second kappa shape index (κ2) is 16.2. The lowest BCUT2D eigenvalue weighted by atomic mass is 10.2. The van der Waals surface area contributed by atoms with E-state index in [-0.39, 0.29) is 0 Å². The van der Waals surface area contributed by atoms with Gasteiger partial charge in [-0.3, -0.25) is 0 Å². The maximum absolute atomic E-state index is 6.72. The van der Waals surface area contributed by atoms with Crippen LogP contribution in [0.1, 0.15) is 11.1 Å². The van der Waals surface area contributed by atoms with E-state index in [1.54, 1.807) is 58.2 Å². The summed E-state index contributed by atoms with van der Waals surface area (Å²) >= 11 is 33.3. The fraction of sp³-hybridized carbons (Fsp3) is 0.0588. The summed E-state index contributed by atoms with van der Waals surface area (Å²) in [5.74, 6) is 0.729. The Balaban J connectivity index is 1.19. The lowest BCUT2D eigenvalue weighted by molar-refractivity contribution is 0.572. The first-order valence-electron chi connectivity index (χ1n) is 15.6. The minimum atomic E-state index is 0.365. The van der Waals surface area contributed by atoms with E-state index >= 15 is 0 Å². The van der Waals surface area contributed by atoms with E-state index in [1.165, 1.54) is 31.2 Å². The van der Waals surface area contributed by atoms with Crippen molar-refractivity contribution in [3.05, 3.63) is 137 Å². The van der Waals surface area contributed by atoms with Gasteiger partial charge in [-0.1, -0.05) is 103 Å². The van der Waals surface area contributed by atoms with Gasteiger partial charge < -0.3 is 0 Å². The van der Waals surface area contributed by atoms with Crippen molar-refractivity contribution in [1.29, 1.82) is 0 Å². The van der Waals surface area contributed by atoms with Crippen molar-refractivity contribution >= 4 is 99.9 Å². The maximum Gasteiger partial charge on any atom is 0.209 e. The standard InChI is InChI=1S/C34H20Br2Cl4N12S2/c35-21-5-1-19(2-6-21)17-49-45-31(43-47-49)25-15-41-51(29-13-23(37)9-11-27(29)39)33(25)53-54-34-26(16-42-52(34)30-14-24(38)10-12-28(30)40)32-44-48-50(46-32)18-20-3-7-22(36)8-4-20/h1-16H,17-18H2. The van der Waals surface area contributed by atoms with Crippen LogP contribution in [0.4, 0.5) is 0 Å². The summed E-state index contributed by atoms with van der Waals surface area (Å²) in [6, 6.07) is 26.2. The maximum atomic E-state index is 6.72. The molecule has 4 aromatic carbocycles. The normalized spacial score (nSPS) is 11.4. The predicted octanol–water partition coefficient (Wildman–Crippen LogP) is 10.4. The Morgan fingerprint density at radius 3 is 1.35 bits per heavy atom. The van der Waals surface area contributed by atoms with Gasteiger partial charge in [0.05, 0.1) is 58.0 Å². The van der Waals surface area contributed by atoms with Gasteiger partial charge in [-0.25, -0.2) is 9.36 Å². The molecule has 4 heterocycles. The first kappa shape index (κ1) is 37.2. The fourth-order valence-corrected chi connectivity index (χ4v) is 8.95. The summed E-state index contributed by atoms with van der Waals surface area (Å²) < 4.78 is 5.34. The zero-order valence-corrected chi connectivity index (χ0v) is 34.9. The molecule has 0 aliphatic carbocycles. The molecule has 270 valence electrons. The Bertz CT molecular complexity index is 2430. The molecule has 20 heteroatoms. The quantitative estimate of drug-likeness (QED) is 0.116. The third-order valence-corrected chi connectivity index (χ3v) is 12.3. The molecule has 0 bridgehead atoms. The van der Waals surface area contributed by atoms with E-state index in [2.05, 4.69) is 52.5 Å². The van der Waals surface area contributed by atoms with Gasteiger partial charge in [0.15, 0.2) is 0 Å². The molecule has 4 aromatic heterocycles. The topological polar surface area (TPSA) is 123 Å². The van der Waals surface area contributed by atoms with Crippen LogP contribution in [0.3, 0.4) is 0 Å². The Morgan fingerprint density at radius 2 is 0.944 bits per heavy atom. The molecule has 0 N–H and O–H groups in total. The van der Waals surface area contributed by atoms with E-state index in [0.717, 1.165) is 20.1 Å². The highest BCUT2D eigenvalue weighted by molar-refractivity contribution is 9.10. The number of hydrogen-bond donors (Lipinski definition) is 0. The molecule has 0 spiro atoms. The van der Waals surface area contributed by atoms with Gasteiger partial charge >= 0.3 is 0 Å². The van der Waals surface area contributed by atoms with Crippen molar-refractivity contribution in [2.24, 2.45) is 0 Å². The molecule has 8 rings (SSSR count). The van der Waals surface area contributed by atoms with Crippen LogP contribution < -0.4 is 0 Å². The molecule has 0 fully saturated rings. The Morgan fingerprint density at radius 1 is 0.537 bits per heavy atom. The number of benzene rings is 4. The summed E-state index contributed by atoms with van der Waals surface area (Å²) in [6.07, 6.45) is 3.34. The zero-order valence-electron chi connectivity index (χ0n) is 27.1. The Labute approximate surface area is 351 Å². The number of nitrogens with zero attached hydrogens (tertiary/aromatic N) is 12. The fourth-order valence-electron chi connectivity index (χ4n) is 5.20. The third kappa shape index (κ3) is 8.11. The summed E-state index contributed by atoms with van der Waals surface area (Å²) in [4.78, 5) is 3.06. The van der Waals surface area contributed by atoms with Crippen LogP contribution in [0.25, 0.3) is 34.2 Å². The average Bonchev–Trinajstić information content (AvgIpc) is 3.98. The highest BCUT2D eigenvalue weighted by atomic mass is 79.9. The van der Waals surface area contributed by atoms with Crippen molar-refractivity contribution in [3.63, 3.8) is 0 Å². The van der Waals surface area contributed by atoms with Gasteiger partial charge in [0.25, 0.3) is 0 Å². The van der Waals surface area contributed by atoms with E-state index in [1.807, 2.05) is 48.5 Å². The van der Waals surface area contributed by atoms with E-state index in [4.69, 9.17) is 66.8 Å². The lowest BCUT2D eigenvalue weighted by Gasteiger charge is -2.12. The largest absolute Gasteiger partial charge is 0.224 e. The van der Waals surface area contributed by atoms with Crippen LogP contribution in [0.5, 0.6) is 0 Å². The monoisotopic (exact) mass is 958 g/mol. The third-order valence-electron chi connectivity index (χ3n) is 7.78. The molecule has 0 amide bonds. The number of aromatic nitrogens is 12. The average molecular weight is 962 g/mol. The van der Waals surface area contributed by atoms with E-state index in [0.29, 0.717) is 77.4 Å². The molecule has 54 heavy (non-hydrogen) atoms. The van der Waals surface area contributed by atoms with Crippen LogP contribution >= 0.6 is 99.9 Å². The molecular formula is C34H20Br2Cl4N12S2. The molecule has 0 radical (unpaired) electrons. The minimum Gasteiger partial charge on any atom is -0.224 e. The number of tetrazole rings is 2. The molecule has 0 saturated carbocycles. The van der Waals surface area contributed by atoms with Crippen LogP contribution in [0.2, 0.25) is 20.1 Å². The van der Waals surface area contributed by atoms with Gasteiger partial charge in [0.1, 0.15) is 10.1 Å². The van der Waals surface area contributed by atoms with Gasteiger partial charge in [-0.05, 0) is 104 Å². The summed E-state index contributed by atoms with van der Waals surface area (Å²) in [5, 5.41) is 39.4. The summed E-state index contributed by atoms with van der Waals surface area (Å²) in [7, 11) is 2.73. The van der Waals surface area contributed by atoms with Gasteiger partial charge in [-0.15, -0.1) is 20.4 Å². The van der Waals surface area contributed by atoms with E-state index < -0.39 is 0 Å². The molecule has 0 aliphatic heterocycles. The van der Waals surface area contributed by atoms with Crippen LogP contribution in [0, 0.1) is 0 Å². The lowest BCUT2D eigenvalue weighted by Crippen LogP contribution is -2.04. The van der Waals surface area contributed by atoms with Gasteiger partial charge in [0, 0.05) is 19.0 Å². The second-order valence-electron chi connectivity index (χ2n) is 11.4. The SMILES string of the molecule is Clc1ccc(Cl)c(-n2ncc(-c3nnn(Cc4ccc(Br)cc4)n3)c2SSc2c(-c3nnn(Cc4ccc(Br)cc4)n3)cnn2-c2cc(Cl)ccc2Cl)c1. The molecular weight excluding hydrogens is 942 g/mol. The highest BCUT2D eigenvalue weighted by Gasteiger charge is 2.25. The molecule has 0 unspecified atom stereocenters. The molecule has 0 aliphatic rings. The second-order valence-corrected chi connectivity index (χ2v) is 17.1. The number of rotatable bonds is 11. The zero-order chi connectivity index (χ0) is 37.3. The van der Waals surface area contributed by atoms with Crippen LogP contribution in [-0.2, 0) is 13.1 Å². The van der Waals surface area contributed by atoms with Crippen LogP contribution in [0.15, 0.2) is 116 Å². The molecule has 0 saturated heterocycles. The van der Waals surface area contributed by atoms with Crippen LogP contribution in [-0.4, -0.2) is 60.0 Å². The predicted molar refractivity (Wildman–Crippen MR) is 219 cm³/mol. The first-order valence-corrected chi connectivity index (χ1v) is 20.9. The Kier molecular flexibility index (Phi) is 11.1. The minimum absolute atomic E-state index is 0.365. The van der Waals surface area contributed by atoms with Crippen molar-refractivity contribution in [3.8, 4) is 34.2 Å². The molecule has 8 aromatic rings. The number of halogens is 6. The highest BCUT2D eigenvalue weighted by Crippen LogP contribution is 2.47. The van der Waals surface area contributed by atoms with Gasteiger partial charge in [-0.2, -0.15) is 19.8 Å². The van der Waals surface area contributed by atoms with E-state index in [9.17, 15) is 0 Å². The summed E-state index contributed by atoms with van der Waals surface area (Å²) in [5.41, 5.74) is 4.36. The van der Waals surface area contributed by atoms with Crippen molar-refractivity contribution in [2.75, 3.05) is 0 Å². The molecule has 0 atom stereocenters. The molecule has 12 nitrogen and oxygen atoms in total. The first-order chi connectivity index (χ1) is 26.2. The van der Waals surface area contributed by atoms with Crippen molar-refractivity contribution in [2.45, 2.75) is 23.1 Å². The van der Waals surface area contributed by atoms with Crippen molar-refractivity contribution in [1.82, 2.24) is 60.0 Å².